The molecule has 0 aromatic rings. The molecule has 2 aliphatic heterocycles. The molecule has 3 nitrogen and oxygen atoms in total. The van der Waals surface area contributed by atoms with E-state index in [9.17, 15) is 0 Å². The van der Waals surface area contributed by atoms with E-state index in [4.69, 9.17) is 5.73 Å². The van der Waals surface area contributed by atoms with Crippen molar-refractivity contribution in [3.8, 4) is 0 Å². The van der Waals surface area contributed by atoms with Gasteiger partial charge in [0.15, 0.2) is 0 Å². The predicted molar refractivity (Wildman–Crippen MR) is 58.3 cm³/mol. The van der Waals surface area contributed by atoms with Crippen molar-refractivity contribution in [2.24, 2.45) is 5.73 Å². The van der Waals surface area contributed by atoms with Crippen LogP contribution in [0.1, 0.15) is 27.2 Å². The second kappa shape index (κ2) is 2.94. The standard InChI is InChI=1S/C11H19N3/c1-4-11(2,3)14-9-5-6-13-8(9)7-10(14)12/h5-9,13H,4,12H2,1-3H3. The van der Waals surface area contributed by atoms with Crippen LogP contribution in [0.25, 0.3) is 0 Å². The monoisotopic (exact) mass is 193 g/mol. The highest BCUT2D eigenvalue weighted by atomic mass is 15.3. The third-order valence-electron chi connectivity index (χ3n) is 3.39. The summed E-state index contributed by atoms with van der Waals surface area (Å²) in [6.07, 6.45) is 7.43. The first-order valence-electron chi connectivity index (χ1n) is 5.25. The Bertz CT molecular complexity index is 291. The van der Waals surface area contributed by atoms with Gasteiger partial charge in [0.05, 0.1) is 17.9 Å². The normalized spacial score (nSPS) is 30.2. The topological polar surface area (TPSA) is 41.3 Å². The summed E-state index contributed by atoms with van der Waals surface area (Å²) in [7, 11) is 0. The van der Waals surface area contributed by atoms with Crippen LogP contribution in [0.4, 0.5) is 0 Å². The zero-order valence-corrected chi connectivity index (χ0v) is 9.12. The zero-order valence-electron chi connectivity index (χ0n) is 9.12. The summed E-state index contributed by atoms with van der Waals surface area (Å²) in [6.45, 7) is 6.68. The van der Waals surface area contributed by atoms with Gasteiger partial charge in [-0.15, -0.1) is 0 Å². The maximum atomic E-state index is 6.04. The van der Waals surface area contributed by atoms with Crippen LogP contribution in [-0.4, -0.2) is 22.5 Å². The van der Waals surface area contributed by atoms with Crippen LogP contribution >= 0.6 is 0 Å². The Labute approximate surface area is 85.6 Å². The van der Waals surface area contributed by atoms with Crippen LogP contribution in [0.15, 0.2) is 24.2 Å². The molecule has 0 fully saturated rings. The number of fused-ring (bicyclic) bond motifs is 1. The fraction of sp³-hybridized carbons (Fsp3) is 0.636. The van der Waals surface area contributed by atoms with Crippen molar-refractivity contribution in [1.29, 1.82) is 0 Å². The van der Waals surface area contributed by atoms with E-state index in [-0.39, 0.29) is 5.54 Å². The SMILES string of the molecule is CCC(C)(C)N1C(N)=CC2NC=CC21. The molecule has 0 aliphatic carbocycles. The van der Waals surface area contributed by atoms with Crippen LogP contribution < -0.4 is 11.1 Å². The van der Waals surface area contributed by atoms with E-state index in [1.54, 1.807) is 0 Å². The molecule has 0 saturated carbocycles. The number of nitrogens with two attached hydrogens (primary N) is 1. The molecule has 0 radical (unpaired) electrons. The second-order valence-corrected chi connectivity index (χ2v) is 4.67. The Morgan fingerprint density at radius 2 is 2.29 bits per heavy atom. The first kappa shape index (κ1) is 9.44. The highest BCUT2D eigenvalue weighted by Crippen LogP contribution is 2.32. The quantitative estimate of drug-likeness (QED) is 0.691. The van der Waals surface area contributed by atoms with Gasteiger partial charge >= 0.3 is 0 Å². The van der Waals surface area contributed by atoms with Gasteiger partial charge in [-0.05, 0) is 38.6 Å². The van der Waals surface area contributed by atoms with E-state index in [1.165, 1.54) is 0 Å². The summed E-state index contributed by atoms with van der Waals surface area (Å²) >= 11 is 0. The molecule has 2 heterocycles. The molecule has 14 heavy (non-hydrogen) atoms. The fourth-order valence-electron chi connectivity index (χ4n) is 2.24. The molecule has 2 aliphatic rings. The lowest BCUT2D eigenvalue weighted by atomic mass is 9.97. The van der Waals surface area contributed by atoms with Gasteiger partial charge in [-0.1, -0.05) is 6.92 Å². The van der Waals surface area contributed by atoms with Crippen molar-refractivity contribution in [3.63, 3.8) is 0 Å². The summed E-state index contributed by atoms with van der Waals surface area (Å²) in [5, 5.41) is 3.30. The summed E-state index contributed by atoms with van der Waals surface area (Å²) < 4.78 is 0. The molecule has 3 N–H and O–H groups in total. The Hall–Kier alpha value is -1.12. The van der Waals surface area contributed by atoms with E-state index in [1.807, 2.05) is 6.20 Å². The molecular weight excluding hydrogens is 174 g/mol. The number of hydrogen-bond donors (Lipinski definition) is 2. The fourth-order valence-corrected chi connectivity index (χ4v) is 2.24. The largest absolute Gasteiger partial charge is 0.386 e. The first-order valence-corrected chi connectivity index (χ1v) is 5.25. The van der Waals surface area contributed by atoms with E-state index >= 15 is 0 Å². The molecule has 0 amide bonds. The Balaban J connectivity index is 2.26. The van der Waals surface area contributed by atoms with Crippen molar-refractivity contribution in [2.45, 2.75) is 44.8 Å². The van der Waals surface area contributed by atoms with Crippen molar-refractivity contribution in [3.05, 3.63) is 24.2 Å². The van der Waals surface area contributed by atoms with Gasteiger partial charge < -0.3 is 16.0 Å². The molecule has 2 unspecified atom stereocenters. The van der Waals surface area contributed by atoms with E-state index in [0.717, 1.165) is 12.2 Å². The molecule has 0 spiro atoms. The summed E-state index contributed by atoms with van der Waals surface area (Å²) in [5.74, 6) is 0.906. The van der Waals surface area contributed by atoms with Gasteiger partial charge in [-0.2, -0.15) is 0 Å². The van der Waals surface area contributed by atoms with Crippen molar-refractivity contribution >= 4 is 0 Å². The molecular formula is C11H19N3. The molecule has 78 valence electrons. The van der Waals surface area contributed by atoms with Crippen molar-refractivity contribution in [1.82, 2.24) is 10.2 Å². The van der Waals surface area contributed by atoms with Crippen LogP contribution in [0.5, 0.6) is 0 Å². The third kappa shape index (κ3) is 1.19. The van der Waals surface area contributed by atoms with Gasteiger partial charge in [0.25, 0.3) is 0 Å². The van der Waals surface area contributed by atoms with E-state index in [2.05, 4.69) is 43.1 Å². The van der Waals surface area contributed by atoms with Gasteiger partial charge in [0.2, 0.25) is 0 Å². The summed E-state index contributed by atoms with van der Waals surface area (Å²) in [6, 6.07) is 0.783. The van der Waals surface area contributed by atoms with Gasteiger partial charge in [-0.25, -0.2) is 0 Å². The van der Waals surface area contributed by atoms with Gasteiger partial charge in [-0.3, -0.25) is 0 Å². The highest BCUT2D eigenvalue weighted by Gasteiger charge is 2.40. The Morgan fingerprint density at radius 1 is 1.57 bits per heavy atom. The lowest BCUT2D eigenvalue weighted by Gasteiger charge is -2.41. The van der Waals surface area contributed by atoms with Crippen LogP contribution in [-0.2, 0) is 0 Å². The smallest absolute Gasteiger partial charge is 0.0977 e. The number of nitrogens with one attached hydrogen (secondary N) is 1. The minimum absolute atomic E-state index is 0.135. The Morgan fingerprint density at radius 3 is 2.93 bits per heavy atom. The summed E-state index contributed by atoms with van der Waals surface area (Å²) in [4.78, 5) is 2.31. The third-order valence-corrected chi connectivity index (χ3v) is 3.39. The molecule has 0 saturated heterocycles. The minimum Gasteiger partial charge on any atom is -0.386 e. The zero-order chi connectivity index (χ0) is 10.3. The van der Waals surface area contributed by atoms with E-state index in [0.29, 0.717) is 12.1 Å². The van der Waals surface area contributed by atoms with Gasteiger partial charge in [0.1, 0.15) is 0 Å². The molecule has 0 aromatic carbocycles. The number of rotatable bonds is 2. The molecule has 2 rings (SSSR count). The average molecular weight is 193 g/mol. The molecule has 2 atom stereocenters. The number of hydrogen-bond acceptors (Lipinski definition) is 3. The first-order chi connectivity index (χ1) is 6.56. The van der Waals surface area contributed by atoms with E-state index < -0.39 is 0 Å². The van der Waals surface area contributed by atoms with Crippen LogP contribution in [0, 0.1) is 0 Å². The minimum atomic E-state index is 0.135. The lowest BCUT2D eigenvalue weighted by molar-refractivity contribution is 0.138. The second-order valence-electron chi connectivity index (χ2n) is 4.67. The molecule has 0 bridgehead atoms. The van der Waals surface area contributed by atoms with Gasteiger partial charge in [0, 0.05) is 5.54 Å². The average Bonchev–Trinajstić information content (AvgIpc) is 2.62. The molecule has 0 aromatic heterocycles. The van der Waals surface area contributed by atoms with Crippen molar-refractivity contribution < 1.29 is 0 Å². The van der Waals surface area contributed by atoms with Crippen molar-refractivity contribution in [2.75, 3.05) is 0 Å². The predicted octanol–water partition coefficient (Wildman–Crippen LogP) is 1.14. The van der Waals surface area contributed by atoms with Crippen LogP contribution in [0.2, 0.25) is 0 Å². The maximum absolute atomic E-state index is 6.04. The molecule has 3 heteroatoms. The summed E-state index contributed by atoms with van der Waals surface area (Å²) in [5.41, 5.74) is 6.18. The Kier molecular flexibility index (Phi) is 1.98. The number of nitrogens with zero attached hydrogens (tertiary/aromatic N) is 1. The lowest BCUT2D eigenvalue weighted by Crippen LogP contribution is -2.49. The highest BCUT2D eigenvalue weighted by molar-refractivity contribution is 5.27. The van der Waals surface area contributed by atoms with Crippen LogP contribution in [0.3, 0.4) is 0 Å². The maximum Gasteiger partial charge on any atom is 0.0977 e.